The highest BCUT2D eigenvalue weighted by molar-refractivity contribution is 6.42. The monoisotopic (exact) mass is 477 g/mol. The summed E-state index contributed by atoms with van der Waals surface area (Å²) in [7, 11) is 0. The molecule has 0 spiro atoms. The molecule has 0 aliphatic carbocycles. The Labute approximate surface area is 195 Å². The Balaban J connectivity index is 1.43. The molecule has 0 saturated carbocycles. The van der Waals surface area contributed by atoms with Crippen LogP contribution in [0.25, 0.3) is 11.0 Å². The highest BCUT2D eigenvalue weighted by atomic mass is 35.5. The number of hydrogen-bond acceptors (Lipinski definition) is 5. The van der Waals surface area contributed by atoms with Crippen LogP contribution in [0.2, 0.25) is 10.0 Å². The highest BCUT2D eigenvalue weighted by Gasteiger charge is 2.41. The van der Waals surface area contributed by atoms with Gasteiger partial charge in [-0.3, -0.25) is 4.57 Å². The van der Waals surface area contributed by atoms with Gasteiger partial charge >= 0.3 is 5.69 Å². The van der Waals surface area contributed by atoms with E-state index in [2.05, 4.69) is 9.88 Å². The summed E-state index contributed by atoms with van der Waals surface area (Å²) in [4.78, 5) is 18.2. The van der Waals surface area contributed by atoms with Gasteiger partial charge in [-0.05, 0) is 38.3 Å². The maximum atomic E-state index is 12.9. The summed E-state index contributed by atoms with van der Waals surface area (Å²) in [6.45, 7) is 3.87. The standard InChI is InChI=1S/C23H25Cl2N3O4/c1-23(13-31-18-10-14(24)15(25)11-19(18)32-23)20(29)12-28-17-7-5-6-16(21(17)26-22(28)30)27-8-3-2-4-9-27/h5-7,10-11,20,29H,2-4,8-9,12-13H2,1H3,(H,26,30). The fourth-order valence-corrected chi connectivity index (χ4v) is 4.79. The van der Waals surface area contributed by atoms with Crippen molar-refractivity contribution in [3.8, 4) is 11.5 Å². The Hall–Kier alpha value is -2.35. The SMILES string of the molecule is CC1(C(O)Cn2c(=O)[nH]c3c(N4CCCCC4)cccc32)COc2cc(Cl)c(Cl)cc2O1. The first-order valence-electron chi connectivity index (χ1n) is 10.8. The summed E-state index contributed by atoms with van der Waals surface area (Å²) in [6, 6.07) is 9.05. The number of benzene rings is 2. The van der Waals surface area contributed by atoms with E-state index >= 15 is 0 Å². The van der Waals surface area contributed by atoms with Crippen molar-refractivity contribution in [2.75, 3.05) is 24.6 Å². The minimum absolute atomic E-state index is 0.0544. The quantitative estimate of drug-likeness (QED) is 0.587. The molecule has 170 valence electrons. The molecule has 7 nitrogen and oxygen atoms in total. The second-order valence-electron chi connectivity index (χ2n) is 8.69. The first-order valence-corrected chi connectivity index (χ1v) is 11.6. The van der Waals surface area contributed by atoms with Crippen molar-refractivity contribution < 1.29 is 14.6 Å². The average Bonchev–Trinajstić information content (AvgIpc) is 3.10. The summed E-state index contributed by atoms with van der Waals surface area (Å²) in [5.41, 5.74) is 1.24. The third-order valence-electron chi connectivity index (χ3n) is 6.39. The van der Waals surface area contributed by atoms with Crippen LogP contribution in [0, 0.1) is 0 Å². The van der Waals surface area contributed by atoms with Crippen molar-refractivity contribution in [3.05, 3.63) is 50.9 Å². The normalized spacial score (nSPS) is 21.7. The van der Waals surface area contributed by atoms with E-state index in [-0.39, 0.29) is 18.8 Å². The number of aromatic amines is 1. The predicted molar refractivity (Wildman–Crippen MR) is 126 cm³/mol. The van der Waals surface area contributed by atoms with Crippen LogP contribution in [0.4, 0.5) is 5.69 Å². The number of piperidine rings is 1. The van der Waals surface area contributed by atoms with E-state index in [1.165, 1.54) is 6.42 Å². The first kappa shape index (κ1) is 21.5. The van der Waals surface area contributed by atoms with E-state index < -0.39 is 11.7 Å². The lowest BCUT2D eigenvalue weighted by Crippen LogP contribution is -2.53. The van der Waals surface area contributed by atoms with Gasteiger partial charge in [-0.15, -0.1) is 0 Å². The van der Waals surface area contributed by atoms with Gasteiger partial charge in [0.25, 0.3) is 0 Å². The summed E-state index contributed by atoms with van der Waals surface area (Å²) < 4.78 is 13.4. The molecule has 1 aromatic heterocycles. The smallest absolute Gasteiger partial charge is 0.326 e. The zero-order valence-electron chi connectivity index (χ0n) is 17.7. The van der Waals surface area contributed by atoms with E-state index in [0.29, 0.717) is 21.5 Å². The van der Waals surface area contributed by atoms with Gasteiger partial charge in [-0.2, -0.15) is 0 Å². The highest BCUT2D eigenvalue weighted by Crippen LogP contribution is 2.41. The first-order chi connectivity index (χ1) is 15.4. The van der Waals surface area contributed by atoms with E-state index in [9.17, 15) is 9.90 Å². The predicted octanol–water partition coefficient (Wildman–Crippen LogP) is 4.22. The van der Waals surface area contributed by atoms with Crippen LogP contribution in [0.1, 0.15) is 26.2 Å². The average molecular weight is 478 g/mol. The van der Waals surface area contributed by atoms with Crippen molar-refractivity contribution in [1.82, 2.24) is 9.55 Å². The van der Waals surface area contributed by atoms with Gasteiger partial charge in [0.05, 0.1) is 33.3 Å². The molecular weight excluding hydrogens is 453 g/mol. The largest absolute Gasteiger partial charge is 0.485 e. The molecule has 9 heteroatoms. The number of ether oxygens (including phenoxy) is 2. The lowest BCUT2D eigenvalue weighted by molar-refractivity contribution is -0.0895. The second-order valence-corrected chi connectivity index (χ2v) is 9.51. The van der Waals surface area contributed by atoms with Crippen LogP contribution in [0.15, 0.2) is 35.1 Å². The van der Waals surface area contributed by atoms with E-state index in [1.807, 2.05) is 18.2 Å². The molecule has 1 fully saturated rings. The third kappa shape index (κ3) is 3.72. The van der Waals surface area contributed by atoms with Crippen LogP contribution >= 0.6 is 23.2 Å². The summed E-state index contributed by atoms with van der Waals surface area (Å²) in [5, 5.41) is 11.8. The van der Waals surface area contributed by atoms with Gasteiger partial charge in [-0.25, -0.2) is 4.79 Å². The summed E-state index contributed by atoms with van der Waals surface area (Å²) in [6.07, 6.45) is 2.51. The van der Waals surface area contributed by atoms with Gasteiger partial charge in [0.2, 0.25) is 0 Å². The zero-order chi connectivity index (χ0) is 22.5. The summed E-state index contributed by atoms with van der Waals surface area (Å²) >= 11 is 12.2. The molecule has 5 rings (SSSR count). The molecule has 2 aliphatic heterocycles. The molecule has 2 atom stereocenters. The minimum atomic E-state index is -1.07. The van der Waals surface area contributed by atoms with Crippen molar-refractivity contribution in [2.24, 2.45) is 0 Å². The van der Waals surface area contributed by atoms with Crippen LogP contribution in [0.5, 0.6) is 11.5 Å². The molecule has 2 aromatic carbocycles. The molecule has 32 heavy (non-hydrogen) atoms. The van der Waals surface area contributed by atoms with Crippen molar-refractivity contribution in [3.63, 3.8) is 0 Å². The molecule has 2 aliphatic rings. The Morgan fingerprint density at radius 3 is 2.62 bits per heavy atom. The number of aliphatic hydroxyl groups is 1. The van der Waals surface area contributed by atoms with Gasteiger partial charge < -0.3 is 24.5 Å². The Morgan fingerprint density at radius 2 is 1.88 bits per heavy atom. The van der Waals surface area contributed by atoms with Gasteiger partial charge in [0.1, 0.15) is 12.7 Å². The number of aliphatic hydroxyl groups excluding tert-OH is 1. The summed E-state index contributed by atoms with van der Waals surface area (Å²) in [5.74, 6) is 0.880. The number of nitrogens with zero attached hydrogens (tertiary/aromatic N) is 2. The van der Waals surface area contributed by atoms with Crippen molar-refractivity contribution >= 4 is 39.9 Å². The lowest BCUT2D eigenvalue weighted by atomic mass is 9.98. The maximum absolute atomic E-state index is 12.9. The van der Waals surface area contributed by atoms with E-state index in [1.54, 1.807) is 23.6 Å². The number of nitrogens with one attached hydrogen (secondary N) is 1. The molecule has 0 bridgehead atoms. The lowest BCUT2D eigenvalue weighted by Gasteiger charge is -2.39. The number of halogens is 2. The number of anilines is 1. The Morgan fingerprint density at radius 1 is 1.16 bits per heavy atom. The molecule has 2 unspecified atom stereocenters. The Kier molecular flexibility index (Phi) is 5.51. The molecule has 2 N–H and O–H groups in total. The number of hydrogen-bond donors (Lipinski definition) is 2. The zero-order valence-corrected chi connectivity index (χ0v) is 19.2. The second kappa shape index (κ2) is 8.21. The third-order valence-corrected chi connectivity index (χ3v) is 7.11. The van der Waals surface area contributed by atoms with Crippen molar-refractivity contribution in [1.29, 1.82) is 0 Å². The number of rotatable bonds is 4. The number of H-pyrrole nitrogens is 1. The molecule has 3 aromatic rings. The molecule has 3 heterocycles. The maximum Gasteiger partial charge on any atom is 0.326 e. The number of aromatic nitrogens is 2. The van der Waals surface area contributed by atoms with Crippen molar-refractivity contribution in [2.45, 2.75) is 44.4 Å². The molecule has 0 radical (unpaired) electrons. The fraction of sp³-hybridized carbons (Fsp3) is 0.435. The van der Waals surface area contributed by atoms with Crippen LogP contribution in [-0.2, 0) is 6.54 Å². The van der Waals surface area contributed by atoms with Gasteiger partial charge in [0.15, 0.2) is 17.1 Å². The number of para-hydroxylation sites is 1. The topological polar surface area (TPSA) is 79.7 Å². The number of imidazole rings is 1. The number of fused-ring (bicyclic) bond motifs is 2. The Bertz CT molecular complexity index is 1220. The van der Waals surface area contributed by atoms with Gasteiger partial charge in [0, 0.05) is 25.2 Å². The van der Waals surface area contributed by atoms with E-state index in [4.69, 9.17) is 32.7 Å². The minimum Gasteiger partial charge on any atom is -0.485 e. The van der Waals surface area contributed by atoms with Crippen LogP contribution in [0.3, 0.4) is 0 Å². The van der Waals surface area contributed by atoms with Gasteiger partial charge in [-0.1, -0.05) is 29.3 Å². The molecule has 0 amide bonds. The van der Waals surface area contributed by atoms with Crippen LogP contribution in [-0.4, -0.2) is 46.1 Å². The molecular formula is C23H25Cl2N3O4. The fourth-order valence-electron chi connectivity index (χ4n) is 4.48. The van der Waals surface area contributed by atoms with E-state index in [0.717, 1.165) is 42.7 Å². The molecule has 1 saturated heterocycles. The van der Waals surface area contributed by atoms with Crippen LogP contribution < -0.4 is 20.1 Å².